The number of nitrogens with one attached hydrogen (secondary N) is 1. The van der Waals surface area contributed by atoms with Crippen molar-refractivity contribution in [2.24, 2.45) is 5.92 Å². The van der Waals surface area contributed by atoms with E-state index < -0.39 is 34.7 Å². The molecule has 0 bridgehead atoms. The van der Waals surface area contributed by atoms with E-state index in [4.69, 9.17) is 14.3 Å². The molecular weight excluding hydrogens is 345 g/mol. The van der Waals surface area contributed by atoms with Crippen molar-refractivity contribution in [2.75, 3.05) is 5.75 Å². The molecule has 0 fully saturated rings. The summed E-state index contributed by atoms with van der Waals surface area (Å²) in [5.74, 6) is -0.848. The van der Waals surface area contributed by atoms with Crippen LogP contribution in [0, 0.1) is 5.92 Å². The molecule has 0 aliphatic heterocycles. The molecule has 140 valence electrons. The Balaban J connectivity index is 0. The molecule has 8 nitrogen and oxygen atoms in total. The zero-order chi connectivity index (χ0) is 19.1. The summed E-state index contributed by atoms with van der Waals surface area (Å²) < 4.78 is 40.3. The summed E-state index contributed by atoms with van der Waals surface area (Å²) in [7, 11) is -7.83. The van der Waals surface area contributed by atoms with Gasteiger partial charge in [-0.15, -0.1) is 0 Å². The van der Waals surface area contributed by atoms with E-state index >= 15 is 0 Å². The Kier molecular flexibility index (Phi) is 10.5. The van der Waals surface area contributed by atoms with Gasteiger partial charge in [-0.2, -0.15) is 8.42 Å². The van der Waals surface area contributed by atoms with Gasteiger partial charge in [0.1, 0.15) is 0 Å². The van der Waals surface area contributed by atoms with Crippen molar-refractivity contribution in [3.63, 3.8) is 0 Å². The topological polar surface area (TPSA) is 141 Å². The van der Waals surface area contributed by atoms with Gasteiger partial charge >= 0.3 is 7.60 Å². The smallest absolute Gasteiger partial charge is 0.328 e. The van der Waals surface area contributed by atoms with Gasteiger partial charge in [-0.05, 0) is 26.7 Å². The van der Waals surface area contributed by atoms with E-state index in [0.717, 1.165) is 0 Å². The van der Waals surface area contributed by atoms with Gasteiger partial charge in [-0.25, -0.2) is 0 Å². The lowest BCUT2D eigenvalue weighted by Gasteiger charge is -2.26. The summed E-state index contributed by atoms with van der Waals surface area (Å²) in [5, 5.41) is 2.59. The molecule has 0 heterocycles. The molecule has 2 atom stereocenters. The standard InChI is InChI=1S/C9H19NO4S.C4H11O3P/c1-5-7(2)8(11)10-9(3,4)6-15(12,13)14;1-3-4(2)8(5,6)7/h7H,5-6H2,1-4H3,(H,10,11)(H,12,13,14);4H,3H2,1-2H3,(H2,5,6,7). The minimum Gasteiger partial charge on any atom is -0.350 e. The highest BCUT2D eigenvalue weighted by molar-refractivity contribution is 7.85. The van der Waals surface area contributed by atoms with E-state index in [-0.39, 0.29) is 11.8 Å². The molecule has 2 unspecified atom stereocenters. The summed E-state index contributed by atoms with van der Waals surface area (Å²) in [5.41, 5.74) is -1.43. The lowest BCUT2D eigenvalue weighted by atomic mass is 10.0. The Labute approximate surface area is 139 Å². The molecule has 0 aliphatic rings. The van der Waals surface area contributed by atoms with Crippen LogP contribution in [0.5, 0.6) is 0 Å². The maximum Gasteiger partial charge on any atom is 0.328 e. The second-order valence-electron chi connectivity index (χ2n) is 6.26. The highest BCUT2D eigenvalue weighted by Crippen LogP contribution is 2.42. The molecule has 0 rings (SSSR count). The predicted molar refractivity (Wildman–Crippen MR) is 89.9 cm³/mol. The fourth-order valence-electron chi connectivity index (χ4n) is 1.37. The first kappa shape index (κ1) is 24.8. The maximum atomic E-state index is 11.5. The molecule has 1 amide bonds. The Morgan fingerprint density at radius 2 is 1.61 bits per heavy atom. The molecule has 10 heteroatoms. The molecule has 0 aromatic carbocycles. The third kappa shape index (κ3) is 13.6. The molecule has 23 heavy (non-hydrogen) atoms. The van der Waals surface area contributed by atoms with Crippen molar-refractivity contribution >= 4 is 23.6 Å². The van der Waals surface area contributed by atoms with Crippen LogP contribution in [0.1, 0.15) is 54.4 Å². The van der Waals surface area contributed by atoms with E-state index in [0.29, 0.717) is 12.8 Å². The Morgan fingerprint density at radius 1 is 1.17 bits per heavy atom. The van der Waals surface area contributed by atoms with Gasteiger partial charge in [0.05, 0.1) is 17.0 Å². The normalized spacial score (nSPS) is 15.2. The first-order valence-corrected chi connectivity index (χ1v) is 10.7. The third-order valence-electron chi connectivity index (χ3n) is 3.23. The summed E-state index contributed by atoms with van der Waals surface area (Å²) >= 11 is 0. The van der Waals surface area contributed by atoms with Gasteiger partial charge in [0.25, 0.3) is 10.1 Å². The number of hydrogen-bond donors (Lipinski definition) is 4. The van der Waals surface area contributed by atoms with Crippen molar-refractivity contribution < 1.29 is 32.1 Å². The summed E-state index contributed by atoms with van der Waals surface area (Å²) in [6.45, 7) is 10.0. The second kappa shape index (κ2) is 9.74. The maximum absolute atomic E-state index is 11.5. The summed E-state index contributed by atoms with van der Waals surface area (Å²) in [6, 6.07) is 0. The zero-order valence-corrected chi connectivity index (χ0v) is 16.3. The van der Waals surface area contributed by atoms with E-state index in [2.05, 4.69) is 5.32 Å². The fourth-order valence-corrected chi connectivity index (χ4v) is 2.83. The van der Waals surface area contributed by atoms with Gasteiger partial charge < -0.3 is 15.1 Å². The van der Waals surface area contributed by atoms with Crippen LogP contribution >= 0.6 is 7.60 Å². The fraction of sp³-hybridized carbons (Fsp3) is 0.923. The largest absolute Gasteiger partial charge is 0.350 e. The van der Waals surface area contributed by atoms with Gasteiger partial charge in [-0.3, -0.25) is 13.9 Å². The van der Waals surface area contributed by atoms with E-state index in [1.807, 2.05) is 6.92 Å². The number of rotatable bonds is 7. The minimum atomic E-state index is -4.07. The average molecular weight is 375 g/mol. The Bertz CT molecular complexity index is 512. The van der Waals surface area contributed by atoms with Crippen LogP contribution in [0.25, 0.3) is 0 Å². The van der Waals surface area contributed by atoms with Gasteiger partial charge in [-0.1, -0.05) is 27.7 Å². The molecule has 0 spiro atoms. The Morgan fingerprint density at radius 3 is 1.83 bits per heavy atom. The second-order valence-corrected chi connectivity index (χ2v) is 9.77. The lowest BCUT2D eigenvalue weighted by molar-refractivity contribution is -0.125. The molecule has 4 N–H and O–H groups in total. The van der Waals surface area contributed by atoms with Crippen LogP contribution in [0.4, 0.5) is 0 Å². The molecular formula is C13H30NO7PS. The van der Waals surface area contributed by atoms with Crippen molar-refractivity contribution in [1.82, 2.24) is 5.32 Å². The van der Waals surface area contributed by atoms with E-state index in [9.17, 15) is 17.8 Å². The third-order valence-corrected chi connectivity index (χ3v) is 5.83. The first-order chi connectivity index (χ1) is 10.1. The SMILES string of the molecule is CCC(C)C(=O)NC(C)(C)CS(=O)(=O)O.CCC(C)P(=O)(O)O. The van der Waals surface area contributed by atoms with Gasteiger partial charge in [0, 0.05) is 5.92 Å². The molecule has 0 saturated carbocycles. The molecule has 0 aromatic heterocycles. The number of carbonyl (C=O) groups excluding carboxylic acids is 1. The van der Waals surface area contributed by atoms with Crippen LogP contribution in [0.15, 0.2) is 0 Å². The lowest BCUT2D eigenvalue weighted by Crippen LogP contribution is -2.49. The highest BCUT2D eigenvalue weighted by atomic mass is 32.2. The minimum absolute atomic E-state index is 0.161. The highest BCUT2D eigenvalue weighted by Gasteiger charge is 2.27. The van der Waals surface area contributed by atoms with Crippen LogP contribution in [0.3, 0.4) is 0 Å². The average Bonchev–Trinajstić information content (AvgIpc) is 2.32. The molecule has 0 aromatic rings. The predicted octanol–water partition coefficient (Wildman–Crippen LogP) is 1.78. The van der Waals surface area contributed by atoms with Crippen molar-refractivity contribution in [1.29, 1.82) is 0 Å². The quantitative estimate of drug-likeness (QED) is 0.392. The van der Waals surface area contributed by atoms with Crippen LogP contribution in [-0.2, 0) is 19.5 Å². The van der Waals surface area contributed by atoms with Crippen molar-refractivity contribution in [2.45, 2.75) is 65.6 Å². The number of hydrogen-bond acceptors (Lipinski definition) is 4. The summed E-state index contributed by atoms with van der Waals surface area (Å²) in [4.78, 5) is 28.3. The monoisotopic (exact) mass is 375 g/mol. The molecule has 0 radical (unpaired) electrons. The van der Waals surface area contributed by atoms with Gasteiger partial charge in [0.15, 0.2) is 0 Å². The van der Waals surface area contributed by atoms with Crippen LogP contribution < -0.4 is 5.32 Å². The van der Waals surface area contributed by atoms with Crippen molar-refractivity contribution in [3.8, 4) is 0 Å². The first-order valence-electron chi connectivity index (χ1n) is 7.38. The number of amides is 1. The van der Waals surface area contributed by atoms with Crippen molar-refractivity contribution in [3.05, 3.63) is 0 Å². The summed E-state index contributed by atoms with van der Waals surface area (Å²) in [6.07, 6.45) is 1.22. The van der Waals surface area contributed by atoms with E-state index in [1.165, 1.54) is 0 Å². The van der Waals surface area contributed by atoms with Crippen LogP contribution in [0.2, 0.25) is 0 Å². The van der Waals surface area contributed by atoms with Crippen LogP contribution in [-0.4, -0.2) is 45.6 Å². The van der Waals surface area contributed by atoms with E-state index in [1.54, 1.807) is 34.6 Å². The number of carbonyl (C=O) groups is 1. The zero-order valence-electron chi connectivity index (χ0n) is 14.6. The Hall–Kier alpha value is -0.470. The molecule has 0 aliphatic carbocycles. The van der Waals surface area contributed by atoms with Gasteiger partial charge in [0.2, 0.25) is 5.91 Å². The molecule has 0 saturated heterocycles.